The number of guanidine groups is 1. The Kier molecular flexibility index (Phi) is 1.85. The number of benzene rings is 1. The van der Waals surface area contributed by atoms with Crippen LogP contribution in [0.1, 0.15) is 5.56 Å². The third kappa shape index (κ3) is 1.44. The summed E-state index contributed by atoms with van der Waals surface area (Å²) in [5.41, 5.74) is 2.06. The SMILES string of the molecule is N#CNC1=Nc2ccccc2CN1. The molecule has 0 atom stereocenters. The molecule has 4 heteroatoms. The van der Waals surface area contributed by atoms with Gasteiger partial charge in [0.25, 0.3) is 0 Å². The van der Waals surface area contributed by atoms with E-state index in [-0.39, 0.29) is 0 Å². The second-order valence-electron chi connectivity index (χ2n) is 2.68. The third-order valence-corrected chi connectivity index (χ3v) is 1.84. The molecular formula is C9H8N4. The Balaban J connectivity index is 2.34. The van der Waals surface area contributed by atoms with Gasteiger partial charge in [-0.25, -0.2) is 4.99 Å². The Bertz CT molecular complexity index is 389. The van der Waals surface area contributed by atoms with Gasteiger partial charge in [-0.05, 0) is 11.6 Å². The minimum absolute atomic E-state index is 0.515. The number of para-hydroxylation sites is 1. The Labute approximate surface area is 75.9 Å². The summed E-state index contributed by atoms with van der Waals surface area (Å²) in [4.78, 5) is 4.21. The van der Waals surface area contributed by atoms with Crippen molar-refractivity contribution >= 4 is 11.6 Å². The molecule has 2 rings (SSSR count). The second kappa shape index (κ2) is 3.15. The van der Waals surface area contributed by atoms with Crippen LogP contribution in [0.5, 0.6) is 0 Å². The zero-order valence-electron chi connectivity index (χ0n) is 6.91. The number of hydrogen-bond donors (Lipinski definition) is 2. The molecular weight excluding hydrogens is 164 g/mol. The van der Waals surface area contributed by atoms with Gasteiger partial charge in [-0.15, -0.1) is 0 Å². The highest BCUT2D eigenvalue weighted by Crippen LogP contribution is 2.20. The lowest BCUT2D eigenvalue weighted by Crippen LogP contribution is -2.35. The van der Waals surface area contributed by atoms with Gasteiger partial charge in [0.05, 0.1) is 5.69 Å². The Morgan fingerprint density at radius 1 is 1.46 bits per heavy atom. The molecule has 0 spiro atoms. The Hall–Kier alpha value is -2.02. The summed E-state index contributed by atoms with van der Waals surface area (Å²) >= 11 is 0. The first-order valence-electron chi connectivity index (χ1n) is 3.96. The molecule has 0 aromatic heterocycles. The van der Waals surface area contributed by atoms with Crippen LogP contribution in [0.4, 0.5) is 5.69 Å². The van der Waals surface area contributed by atoms with Gasteiger partial charge in [-0.1, -0.05) is 18.2 Å². The number of nitriles is 1. The van der Waals surface area contributed by atoms with Crippen molar-refractivity contribution in [2.75, 3.05) is 0 Å². The van der Waals surface area contributed by atoms with Crippen molar-refractivity contribution in [2.45, 2.75) is 6.54 Å². The third-order valence-electron chi connectivity index (χ3n) is 1.84. The predicted molar refractivity (Wildman–Crippen MR) is 49.1 cm³/mol. The first kappa shape index (κ1) is 7.62. The van der Waals surface area contributed by atoms with Crippen molar-refractivity contribution in [1.82, 2.24) is 10.6 Å². The summed E-state index contributed by atoms with van der Waals surface area (Å²) in [6.45, 7) is 0.712. The summed E-state index contributed by atoms with van der Waals surface area (Å²) in [5.74, 6) is 0.515. The standard InChI is InChI=1S/C9H8N4/c10-6-12-9-11-5-7-3-1-2-4-8(7)13-9/h1-4H,5H2,(H2,11,12,13). The van der Waals surface area contributed by atoms with Gasteiger partial charge in [0.1, 0.15) is 0 Å². The normalized spacial score (nSPS) is 13.3. The number of rotatable bonds is 0. The second-order valence-corrected chi connectivity index (χ2v) is 2.68. The lowest BCUT2D eigenvalue weighted by atomic mass is 10.1. The fourth-order valence-corrected chi connectivity index (χ4v) is 1.23. The van der Waals surface area contributed by atoms with Gasteiger partial charge in [0, 0.05) is 6.54 Å². The Morgan fingerprint density at radius 2 is 2.31 bits per heavy atom. The minimum atomic E-state index is 0.515. The zero-order valence-corrected chi connectivity index (χ0v) is 6.91. The number of nitrogens with zero attached hydrogens (tertiary/aromatic N) is 2. The number of fused-ring (bicyclic) bond motifs is 1. The van der Waals surface area contributed by atoms with E-state index in [1.165, 1.54) is 0 Å². The van der Waals surface area contributed by atoms with Gasteiger partial charge in [0.15, 0.2) is 6.19 Å². The van der Waals surface area contributed by atoms with Crippen LogP contribution >= 0.6 is 0 Å². The summed E-state index contributed by atoms with van der Waals surface area (Å²) < 4.78 is 0. The highest BCUT2D eigenvalue weighted by molar-refractivity contribution is 5.85. The molecule has 1 aromatic rings. The van der Waals surface area contributed by atoms with E-state index < -0.39 is 0 Å². The molecule has 0 saturated carbocycles. The molecule has 13 heavy (non-hydrogen) atoms. The maximum atomic E-state index is 8.38. The fraction of sp³-hybridized carbons (Fsp3) is 0.111. The lowest BCUT2D eigenvalue weighted by molar-refractivity contribution is 0.861. The molecule has 0 amide bonds. The van der Waals surface area contributed by atoms with Crippen LogP contribution in [0, 0.1) is 11.5 Å². The summed E-state index contributed by atoms with van der Waals surface area (Å²) in [7, 11) is 0. The van der Waals surface area contributed by atoms with Crippen molar-refractivity contribution in [1.29, 1.82) is 5.26 Å². The molecule has 0 bridgehead atoms. The first-order valence-corrected chi connectivity index (χ1v) is 3.96. The molecule has 0 radical (unpaired) electrons. The Morgan fingerprint density at radius 3 is 3.15 bits per heavy atom. The van der Waals surface area contributed by atoms with E-state index in [1.54, 1.807) is 0 Å². The maximum absolute atomic E-state index is 8.38. The smallest absolute Gasteiger partial charge is 0.210 e. The molecule has 2 N–H and O–H groups in total. The van der Waals surface area contributed by atoms with Crippen molar-refractivity contribution in [3.63, 3.8) is 0 Å². The molecule has 4 nitrogen and oxygen atoms in total. The zero-order chi connectivity index (χ0) is 9.10. The highest BCUT2D eigenvalue weighted by Gasteiger charge is 2.08. The van der Waals surface area contributed by atoms with Crippen LogP contribution in [0.3, 0.4) is 0 Å². The van der Waals surface area contributed by atoms with Crippen molar-refractivity contribution < 1.29 is 0 Å². The molecule has 0 fully saturated rings. The van der Waals surface area contributed by atoms with Gasteiger partial charge in [-0.2, -0.15) is 5.26 Å². The van der Waals surface area contributed by atoms with E-state index in [9.17, 15) is 0 Å². The minimum Gasteiger partial charge on any atom is -0.351 e. The maximum Gasteiger partial charge on any atom is 0.210 e. The van der Waals surface area contributed by atoms with Crippen molar-refractivity contribution in [3.05, 3.63) is 29.8 Å². The average Bonchev–Trinajstić information content (AvgIpc) is 2.18. The van der Waals surface area contributed by atoms with Crippen LogP contribution in [0.2, 0.25) is 0 Å². The van der Waals surface area contributed by atoms with Crippen molar-refractivity contribution in [2.24, 2.45) is 4.99 Å². The van der Waals surface area contributed by atoms with Crippen LogP contribution in [0.25, 0.3) is 0 Å². The van der Waals surface area contributed by atoms with E-state index in [0.717, 1.165) is 11.3 Å². The molecule has 0 aliphatic carbocycles. The molecule has 1 aliphatic heterocycles. The van der Waals surface area contributed by atoms with Gasteiger partial charge >= 0.3 is 0 Å². The van der Waals surface area contributed by atoms with E-state index in [0.29, 0.717) is 12.5 Å². The lowest BCUT2D eigenvalue weighted by Gasteiger charge is -2.15. The van der Waals surface area contributed by atoms with Crippen molar-refractivity contribution in [3.8, 4) is 6.19 Å². The fourth-order valence-electron chi connectivity index (χ4n) is 1.23. The number of hydrogen-bond acceptors (Lipinski definition) is 4. The molecule has 0 unspecified atom stereocenters. The highest BCUT2D eigenvalue weighted by atomic mass is 15.2. The number of nitrogens with one attached hydrogen (secondary N) is 2. The van der Waals surface area contributed by atoms with Gasteiger partial charge < -0.3 is 5.32 Å². The predicted octanol–water partition coefficient (Wildman–Crippen LogP) is 0.848. The molecule has 1 aliphatic rings. The van der Waals surface area contributed by atoms with Crippen LogP contribution in [0.15, 0.2) is 29.3 Å². The monoisotopic (exact) mass is 172 g/mol. The largest absolute Gasteiger partial charge is 0.351 e. The number of aliphatic imine (C=N–C) groups is 1. The van der Waals surface area contributed by atoms with Crippen LogP contribution in [-0.4, -0.2) is 5.96 Å². The van der Waals surface area contributed by atoms with E-state index in [2.05, 4.69) is 15.6 Å². The van der Waals surface area contributed by atoms with E-state index >= 15 is 0 Å². The van der Waals surface area contributed by atoms with Gasteiger partial charge in [-0.3, -0.25) is 5.32 Å². The topological polar surface area (TPSA) is 60.2 Å². The summed E-state index contributed by atoms with van der Waals surface area (Å²) in [6.07, 6.45) is 1.82. The summed E-state index contributed by atoms with van der Waals surface area (Å²) in [6, 6.07) is 7.83. The average molecular weight is 172 g/mol. The van der Waals surface area contributed by atoms with Crippen LogP contribution < -0.4 is 10.6 Å². The molecule has 64 valence electrons. The summed E-state index contributed by atoms with van der Waals surface area (Å²) in [5, 5.41) is 13.8. The van der Waals surface area contributed by atoms with Crippen LogP contribution in [-0.2, 0) is 6.54 Å². The van der Waals surface area contributed by atoms with E-state index in [1.807, 2.05) is 30.5 Å². The molecule has 1 heterocycles. The quantitative estimate of drug-likeness (QED) is 0.450. The molecule has 0 saturated heterocycles. The first-order chi connectivity index (χ1) is 6.40. The molecule has 1 aromatic carbocycles. The van der Waals surface area contributed by atoms with E-state index in [4.69, 9.17) is 5.26 Å². The van der Waals surface area contributed by atoms with Gasteiger partial charge in [0.2, 0.25) is 5.96 Å².